The van der Waals surface area contributed by atoms with E-state index in [1.54, 1.807) is 19.1 Å². The van der Waals surface area contributed by atoms with E-state index in [1.165, 1.54) is 42.5 Å². The van der Waals surface area contributed by atoms with Crippen LogP contribution >= 0.6 is 27.5 Å². The van der Waals surface area contributed by atoms with E-state index in [0.717, 1.165) is 5.56 Å². The number of hydrogen-bond donors (Lipinski definition) is 1. The number of anilines is 1. The number of benzene rings is 3. The molecule has 0 aromatic heterocycles. The molecule has 0 saturated heterocycles. The number of nitriles is 1. The van der Waals surface area contributed by atoms with Gasteiger partial charge in [-0.25, -0.2) is 0 Å². The van der Waals surface area contributed by atoms with Gasteiger partial charge in [-0.2, -0.15) is 13.7 Å². The van der Waals surface area contributed by atoms with E-state index in [4.69, 9.17) is 20.5 Å². The minimum Gasteiger partial charge on any atom is -0.490 e. The molecule has 3 aromatic carbocycles. The van der Waals surface area contributed by atoms with Crippen molar-refractivity contribution in [2.75, 3.05) is 11.9 Å². The maximum absolute atomic E-state index is 12.8. The molecule has 0 radical (unpaired) electrons. The first-order valence-corrected chi connectivity index (χ1v) is 12.9. The number of carbonyl (C=O) groups excluding carboxylic acids is 1. The van der Waals surface area contributed by atoms with Crippen LogP contribution in [0.5, 0.6) is 11.5 Å². The monoisotopic (exact) mass is 574 g/mol. The molecule has 0 spiro atoms. The zero-order valence-electron chi connectivity index (χ0n) is 18.7. The molecule has 0 aliphatic carbocycles. The third-order valence-electron chi connectivity index (χ3n) is 4.61. The van der Waals surface area contributed by atoms with E-state index in [-0.39, 0.29) is 33.0 Å². The third-order valence-corrected chi connectivity index (χ3v) is 6.69. The molecule has 0 bridgehead atoms. The summed E-state index contributed by atoms with van der Waals surface area (Å²) in [7, 11) is -4.19. The number of nitrogens with zero attached hydrogens (tertiary/aromatic N) is 1. The third kappa shape index (κ3) is 6.85. The van der Waals surface area contributed by atoms with Crippen molar-refractivity contribution in [3.63, 3.8) is 0 Å². The summed E-state index contributed by atoms with van der Waals surface area (Å²) in [5.41, 5.74) is 1.86. The maximum Gasteiger partial charge on any atom is 0.339 e. The van der Waals surface area contributed by atoms with Gasteiger partial charge in [0.15, 0.2) is 11.5 Å². The molecule has 1 amide bonds. The van der Waals surface area contributed by atoms with Gasteiger partial charge >= 0.3 is 10.1 Å². The lowest BCUT2D eigenvalue weighted by Crippen LogP contribution is -2.13. The fourth-order valence-corrected chi connectivity index (χ4v) is 4.66. The van der Waals surface area contributed by atoms with Gasteiger partial charge < -0.3 is 14.2 Å². The van der Waals surface area contributed by atoms with Gasteiger partial charge in [0.2, 0.25) is 0 Å². The molecule has 180 valence electrons. The molecule has 3 rings (SSSR count). The van der Waals surface area contributed by atoms with Crippen LogP contribution in [0.1, 0.15) is 18.1 Å². The van der Waals surface area contributed by atoms with Crippen molar-refractivity contribution in [2.45, 2.75) is 18.7 Å². The quantitative estimate of drug-likeness (QED) is 0.197. The molecule has 0 heterocycles. The van der Waals surface area contributed by atoms with Crippen molar-refractivity contribution in [1.82, 2.24) is 0 Å². The van der Waals surface area contributed by atoms with Crippen molar-refractivity contribution in [2.24, 2.45) is 0 Å². The minimum absolute atomic E-state index is 0.0680. The van der Waals surface area contributed by atoms with E-state index in [2.05, 4.69) is 21.2 Å². The smallest absolute Gasteiger partial charge is 0.339 e. The molecule has 7 nitrogen and oxygen atoms in total. The highest BCUT2D eigenvalue weighted by Crippen LogP contribution is 2.39. The second kappa shape index (κ2) is 11.4. The standard InChI is InChI=1S/C25H20BrClN2O5S/c1-3-33-23-14-17(12-18(15-28)25(30)29-20-8-4-16(2)5-9-20)13-22(26)24(23)34-35(31,32)21-10-6-19(27)7-11-21/h4-14H,3H2,1-2H3,(H,29,30)/b18-12+. The average Bonchev–Trinajstić information content (AvgIpc) is 2.81. The van der Waals surface area contributed by atoms with Crippen LogP contribution in [0.3, 0.4) is 0 Å². The highest BCUT2D eigenvalue weighted by molar-refractivity contribution is 9.10. The molecule has 0 fully saturated rings. The van der Waals surface area contributed by atoms with Gasteiger partial charge in [0.1, 0.15) is 16.5 Å². The number of ether oxygens (including phenoxy) is 1. The van der Waals surface area contributed by atoms with Crippen molar-refractivity contribution in [1.29, 1.82) is 5.26 Å². The largest absolute Gasteiger partial charge is 0.490 e. The second-order valence-electron chi connectivity index (χ2n) is 7.24. The van der Waals surface area contributed by atoms with Gasteiger partial charge in [0.25, 0.3) is 5.91 Å². The fourth-order valence-electron chi connectivity index (χ4n) is 2.92. The molecule has 0 aliphatic heterocycles. The molecule has 3 aromatic rings. The molecular weight excluding hydrogens is 556 g/mol. The van der Waals surface area contributed by atoms with Crippen molar-refractivity contribution in [3.8, 4) is 17.6 Å². The molecular formula is C25H20BrClN2O5S. The Balaban J connectivity index is 1.93. The van der Waals surface area contributed by atoms with Crippen LogP contribution < -0.4 is 14.2 Å². The van der Waals surface area contributed by atoms with Crippen LogP contribution in [0.4, 0.5) is 5.69 Å². The molecule has 0 unspecified atom stereocenters. The zero-order chi connectivity index (χ0) is 25.6. The van der Waals surface area contributed by atoms with Gasteiger partial charge in [0, 0.05) is 10.7 Å². The Morgan fingerprint density at radius 3 is 2.40 bits per heavy atom. The number of rotatable bonds is 8. The maximum atomic E-state index is 12.8. The lowest BCUT2D eigenvalue weighted by molar-refractivity contribution is -0.112. The Morgan fingerprint density at radius 1 is 1.14 bits per heavy atom. The number of aryl methyl sites for hydroxylation is 1. The first-order valence-electron chi connectivity index (χ1n) is 10.3. The molecule has 1 N–H and O–H groups in total. The Hall–Kier alpha value is -3.32. The summed E-state index contributed by atoms with van der Waals surface area (Å²) in [5, 5.41) is 12.6. The van der Waals surface area contributed by atoms with E-state index >= 15 is 0 Å². The van der Waals surface area contributed by atoms with E-state index in [0.29, 0.717) is 16.3 Å². The van der Waals surface area contributed by atoms with Gasteiger partial charge in [-0.15, -0.1) is 0 Å². The first-order chi connectivity index (χ1) is 16.6. The summed E-state index contributed by atoms with van der Waals surface area (Å²) in [6.07, 6.45) is 1.37. The van der Waals surface area contributed by atoms with Gasteiger partial charge in [-0.1, -0.05) is 29.3 Å². The number of nitrogens with one attached hydrogen (secondary N) is 1. The van der Waals surface area contributed by atoms with Crippen LogP contribution in [0.25, 0.3) is 6.08 Å². The Kier molecular flexibility index (Phi) is 8.57. The Labute approximate surface area is 217 Å². The predicted molar refractivity (Wildman–Crippen MR) is 138 cm³/mol. The average molecular weight is 576 g/mol. The normalized spacial score (nSPS) is 11.5. The second-order valence-corrected chi connectivity index (χ2v) is 10.1. The fraction of sp³-hybridized carbons (Fsp3) is 0.120. The molecule has 0 saturated carbocycles. The van der Waals surface area contributed by atoms with Gasteiger partial charge in [0.05, 0.1) is 11.1 Å². The topological polar surface area (TPSA) is 105 Å². The SMILES string of the molecule is CCOc1cc(/C=C(\C#N)C(=O)Nc2ccc(C)cc2)cc(Br)c1OS(=O)(=O)c1ccc(Cl)cc1. The van der Waals surface area contributed by atoms with E-state index in [1.807, 2.05) is 25.1 Å². The number of amides is 1. The van der Waals surface area contributed by atoms with E-state index in [9.17, 15) is 18.5 Å². The summed E-state index contributed by atoms with van der Waals surface area (Å²) in [6, 6.07) is 17.6. The highest BCUT2D eigenvalue weighted by Gasteiger charge is 2.22. The van der Waals surface area contributed by atoms with Crippen LogP contribution in [-0.4, -0.2) is 20.9 Å². The molecule has 0 aliphatic rings. The number of carbonyl (C=O) groups is 1. The molecule has 0 atom stereocenters. The van der Waals surface area contributed by atoms with Crippen molar-refractivity contribution >= 4 is 55.3 Å². The van der Waals surface area contributed by atoms with Crippen LogP contribution in [-0.2, 0) is 14.9 Å². The summed E-state index contributed by atoms with van der Waals surface area (Å²) in [5.74, 6) is -0.542. The summed E-state index contributed by atoms with van der Waals surface area (Å²) < 4.78 is 36.7. The van der Waals surface area contributed by atoms with Crippen LogP contribution in [0.2, 0.25) is 5.02 Å². The molecule has 35 heavy (non-hydrogen) atoms. The number of halogens is 2. The summed E-state index contributed by atoms with van der Waals surface area (Å²) in [4.78, 5) is 12.5. The Bertz CT molecular complexity index is 1410. The summed E-state index contributed by atoms with van der Waals surface area (Å²) >= 11 is 9.15. The lowest BCUT2D eigenvalue weighted by Gasteiger charge is -2.15. The van der Waals surface area contributed by atoms with Gasteiger partial charge in [-0.3, -0.25) is 4.79 Å². The van der Waals surface area contributed by atoms with Gasteiger partial charge in [-0.05, 0) is 89.9 Å². The molecule has 10 heteroatoms. The van der Waals surface area contributed by atoms with Crippen LogP contribution in [0.15, 0.2) is 75.6 Å². The van der Waals surface area contributed by atoms with Crippen molar-refractivity contribution < 1.29 is 22.1 Å². The van der Waals surface area contributed by atoms with Crippen molar-refractivity contribution in [3.05, 3.63) is 86.9 Å². The highest BCUT2D eigenvalue weighted by atomic mass is 79.9. The zero-order valence-corrected chi connectivity index (χ0v) is 21.9. The summed E-state index contributed by atoms with van der Waals surface area (Å²) in [6.45, 7) is 3.87. The predicted octanol–water partition coefficient (Wildman–Crippen LogP) is 6.12. The lowest BCUT2D eigenvalue weighted by atomic mass is 10.1. The number of hydrogen-bond acceptors (Lipinski definition) is 6. The Morgan fingerprint density at radius 2 is 1.80 bits per heavy atom. The van der Waals surface area contributed by atoms with E-state index < -0.39 is 16.0 Å². The minimum atomic E-state index is -4.19. The first kappa shape index (κ1) is 26.3. The van der Waals surface area contributed by atoms with Crippen LogP contribution in [0, 0.1) is 18.3 Å².